The first-order valence-electron chi connectivity index (χ1n) is 6.54. The molecule has 8 heteroatoms. The predicted molar refractivity (Wildman–Crippen MR) is 68.6 cm³/mol. The van der Waals surface area contributed by atoms with Crippen LogP contribution in [0.4, 0.5) is 0 Å². The number of nitro groups is 1. The van der Waals surface area contributed by atoms with Crippen molar-refractivity contribution >= 4 is 0 Å². The Kier molecular flexibility index (Phi) is 3.44. The standard InChI is InChI=1S/C13H15NO7/c15-6-12-9(16)5-13(21-12,14(17)18)4-8-1-2-10-11(3-8)20-7-19-10/h1-3,9,12,15-16H,4-7H2/t9-,12+,13?/m0/s1. The van der Waals surface area contributed by atoms with Crippen LogP contribution in [0.2, 0.25) is 0 Å². The average Bonchev–Trinajstić information content (AvgIpc) is 3.03. The normalized spacial score (nSPS) is 30.6. The van der Waals surface area contributed by atoms with Crippen LogP contribution in [-0.4, -0.2) is 46.5 Å². The molecule has 0 amide bonds. The van der Waals surface area contributed by atoms with Gasteiger partial charge in [-0.05, 0) is 17.7 Å². The van der Waals surface area contributed by atoms with Crippen molar-refractivity contribution in [3.05, 3.63) is 33.9 Å². The van der Waals surface area contributed by atoms with E-state index in [0.717, 1.165) is 0 Å². The second kappa shape index (κ2) is 5.14. The maximum atomic E-state index is 11.4. The van der Waals surface area contributed by atoms with Gasteiger partial charge in [0.15, 0.2) is 11.5 Å². The Labute approximate surface area is 120 Å². The molecule has 2 aliphatic rings. The lowest BCUT2D eigenvalue weighted by atomic mass is 9.98. The first kappa shape index (κ1) is 14.1. The van der Waals surface area contributed by atoms with Crippen LogP contribution in [0.25, 0.3) is 0 Å². The van der Waals surface area contributed by atoms with Gasteiger partial charge in [0.05, 0.1) is 30.5 Å². The zero-order valence-electron chi connectivity index (χ0n) is 11.1. The summed E-state index contributed by atoms with van der Waals surface area (Å²) in [6.07, 6.45) is -2.19. The quantitative estimate of drug-likeness (QED) is 0.597. The first-order valence-corrected chi connectivity index (χ1v) is 6.54. The van der Waals surface area contributed by atoms with Crippen LogP contribution >= 0.6 is 0 Å². The monoisotopic (exact) mass is 297 g/mol. The van der Waals surface area contributed by atoms with E-state index < -0.39 is 29.5 Å². The Morgan fingerprint density at radius 1 is 1.38 bits per heavy atom. The minimum absolute atomic E-state index is 0.0236. The molecule has 1 saturated heterocycles. The van der Waals surface area contributed by atoms with Crippen molar-refractivity contribution in [2.75, 3.05) is 13.4 Å². The Morgan fingerprint density at radius 3 is 2.81 bits per heavy atom. The molecule has 0 bridgehead atoms. The number of fused-ring (bicyclic) bond motifs is 1. The molecule has 2 heterocycles. The fraction of sp³-hybridized carbons (Fsp3) is 0.538. The average molecular weight is 297 g/mol. The number of ether oxygens (including phenoxy) is 3. The van der Waals surface area contributed by atoms with Gasteiger partial charge in [0.25, 0.3) is 0 Å². The van der Waals surface area contributed by atoms with E-state index in [4.69, 9.17) is 19.3 Å². The fourth-order valence-corrected chi connectivity index (χ4v) is 2.69. The van der Waals surface area contributed by atoms with E-state index in [2.05, 4.69) is 0 Å². The maximum absolute atomic E-state index is 11.4. The van der Waals surface area contributed by atoms with Gasteiger partial charge in [0, 0.05) is 0 Å². The van der Waals surface area contributed by atoms with Crippen molar-refractivity contribution in [3.63, 3.8) is 0 Å². The maximum Gasteiger partial charge on any atom is 0.331 e. The molecule has 0 aromatic heterocycles. The van der Waals surface area contributed by atoms with Crippen molar-refractivity contribution in [2.45, 2.75) is 30.8 Å². The third-order valence-electron chi connectivity index (χ3n) is 3.76. The summed E-state index contributed by atoms with van der Waals surface area (Å²) in [5, 5.41) is 30.3. The second-order valence-corrected chi connectivity index (χ2v) is 5.18. The van der Waals surface area contributed by atoms with Gasteiger partial charge in [-0.1, -0.05) is 6.07 Å². The lowest BCUT2D eigenvalue weighted by molar-refractivity contribution is -0.625. The van der Waals surface area contributed by atoms with Crippen LogP contribution in [0.1, 0.15) is 12.0 Å². The number of hydrogen-bond acceptors (Lipinski definition) is 7. The molecule has 0 aliphatic carbocycles. The summed E-state index contributed by atoms with van der Waals surface area (Å²) >= 11 is 0. The number of benzene rings is 1. The van der Waals surface area contributed by atoms with Crippen molar-refractivity contribution in [2.24, 2.45) is 0 Å². The van der Waals surface area contributed by atoms with Gasteiger partial charge >= 0.3 is 5.72 Å². The highest BCUT2D eigenvalue weighted by molar-refractivity contribution is 5.44. The first-order chi connectivity index (χ1) is 10.0. The molecular formula is C13H15NO7. The Hall–Kier alpha value is -1.90. The van der Waals surface area contributed by atoms with Gasteiger partial charge in [-0.2, -0.15) is 0 Å². The summed E-state index contributed by atoms with van der Waals surface area (Å²) in [5.41, 5.74) is -1.10. The van der Waals surface area contributed by atoms with Gasteiger partial charge < -0.3 is 24.4 Å². The molecule has 0 saturated carbocycles. The summed E-state index contributed by atoms with van der Waals surface area (Å²) in [6, 6.07) is 5.04. The molecule has 3 rings (SSSR count). The summed E-state index contributed by atoms with van der Waals surface area (Å²) < 4.78 is 15.7. The lowest BCUT2D eigenvalue weighted by Crippen LogP contribution is -2.41. The molecule has 2 N–H and O–H groups in total. The molecule has 8 nitrogen and oxygen atoms in total. The fourth-order valence-electron chi connectivity index (χ4n) is 2.69. The topological polar surface area (TPSA) is 111 Å². The van der Waals surface area contributed by atoms with E-state index in [0.29, 0.717) is 17.1 Å². The molecule has 114 valence electrons. The van der Waals surface area contributed by atoms with Gasteiger partial charge in [0.1, 0.15) is 6.10 Å². The highest BCUT2D eigenvalue weighted by atomic mass is 16.7. The van der Waals surface area contributed by atoms with E-state index in [1.54, 1.807) is 18.2 Å². The summed E-state index contributed by atoms with van der Waals surface area (Å²) in [6.45, 7) is -0.334. The smallest absolute Gasteiger partial charge is 0.331 e. The second-order valence-electron chi connectivity index (χ2n) is 5.18. The number of nitrogens with zero attached hydrogens (tertiary/aromatic N) is 1. The third-order valence-corrected chi connectivity index (χ3v) is 3.76. The molecule has 0 spiro atoms. The van der Waals surface area contributed by atoms with Crippen molar-refractivity contribution in [1.82, 2.24) is 0 Å². The molecule has 0 radical (unpaired) electrons. The van der Waals surface area contributed by atoms with Crippen molar-refractivity contribution in [3.8, 4) is 11.5 Å². The minimum Gasteiger partial charge on any atom is -0.454 e. The van der Waals surface area contributed by atoms with E-state index in [9.17, 15) is 15.2 Å². The molecule has 21 heavy (non-hydrogen) atoms. The lowest BCUT2D eigenvalue weighted by Gasteiger charge is -2.20. The Balaban J connectivity index is 1.85. The zero-order chi connectivity index (χ0) is 15.0. The van der Waals surface area contributed by atoms with E-state index >= 15 is 0 Å². The van der Waals surface area contributed by atoms with Crippen LogP contribution in [0.5, 0.6) is 11.5 Å². The zero-order valence-corrected chi connectivity index (χ0v) is 11.1. The Bertz CT molecular complexity index is 563. The van der Waals surface area contributed by atoms with Crippen LogP contribution in [0.3, 0.4) is 0 Å². The Morgan fingerprint density at radius 2 is 2.14 bits per heavy atom. The minimum atomic E-state index is -1.74. The summed E-state index contributed by atoms with van der Waals surface area (Å²) in [4.78, 5) is 10.9. The van der Waals surface area contributed by atoms with Gasteiger partial charge in [0.2, 0.25) is 6.79 Å². The predicted octanol–water partition coefficient (Wildman–Crippen LogP) is 0.0729. The SMILES string of the molecule is O=[N+]([O-])C1(Cc2ccc3c(c2)OCO3)C[C@H](O)[C@@H](CO)O1. The number of aliphatic hydroxyl groups is 2. The molecular weight excluding hydrogens is 282 g/mol. The molecule has 1 aromatic carbocycles. The molecule has 2 aliphatic heterocycles. The van der Waals surface area contributed by atoms with Crippen LogP contribution < -0.4 is 9.47 Å². The largest absolute Gasteiger partial charge is 0.454 e. The third kappa shape index (κ3) is 2.41. The van der Waals surface area contributed by atoms with Crippen molar-refractivity contribution in [1.29, 1.82) is 0 Å². The van der Waals surface area contributed by atoms with Gasteiger partial charge in [-0.3, -0.25) is 10.1 Å². The highest BCUT2D eigenvalue weighted by Crippen LogP contribution is 2.37. The number of hydrogen-bond donors (Lipinski definition) is 2. The van der Waals surface area contributed by atoms with Gasteiger partial charge in [-0.25, -0.2) is 0 Å². The van der Waals surface area contributed by atoms with Crippen LogP contribution in [0.15, 0.2) is 18.2 Å². The molecule has 1 aromatic rings. The molecule has 1 fully saturated rings. The van der Waals surface area contributed by atoms with E-state index in [1.807, 2.05) is 0 Å². The van der Waals surface area contributed by atoms with Gasteiger partial charge in [-0.15, -0.1) is 0 Å². The van der Waals surface area contributed by atoms with Crippen LogP contribution in [-0.2, 0) is 11.2 Å². The summed E-state index contributed by atoms with van der Waals surface area (Å²) in [7, 11) is 0. The number of aliphatic hydroxyl groups excluding tert-OH is 2. The molecule has 1 unspecified atom stereocenters. The summed E-state index contributed by atoms with van der Waals surface area (Å²) in [5.74, 6) is 1.12. The van der Waals surface area contributed by atoms with E-state index in [1.165, 1.54) is 0 Å². The van der Waals surface area contributed by atoms with Crippen molar-refractivity contribution < 1.29 is 29.3 Å². The number of rotatable bonds is 4. The molecule has 3 atom stereocenters. The van der Waals surface area contributed by atoms with E-state index in [-0.39, 0.29) is 19.6 Å². The van der Waals surface area contributed by atoms with Crippen LogP contribution in [0, 0.1) is 10.1 Å². The highest BCUT2D eigenvalue weighted by Gasteiger charge is 2.55.